The molecular formula is C17H19ClN2O4. The molecule has 0 spiro atoms. The second-order valence-corrected chi connectivity index (χ2v) is 5.49. The molecule has 0 saturated carbocycles. The zero-order valence-electron chi connectivity index (χ0n) is 13.5. The molecule has 128 valence electrons. The summed E-state index contributed by atoms with van der Waals surface area (Å²) < 4.78 is 10.0. The van der Waals surface area contributed by atoms with Crippen LogP contribution < -0.4 is 5.43 Å². The third-order valence-corrected chi connectivity index (χ3v) is 3.65. The zero-order chi connectivity index (χ0) is 17.5. The molecule has 1 aromatic rings. The molecule has 1 atom stereocenters. The van der Waals surface area contributed by atoms with E-state index in [0.29, 0.717) is 11.4 Å². The molecule has 0 aromatic heterocycles. The molecule has 1 unspecified atom stereocenters. The molecule has 1 heterocycles. The molecule has 6 nitrogen and oxygen atoms in total. The molecule has 0 fully saturated rings. The fraction of sp³-hybridized carbons (Fsp3) is 0.353. The number of benzene rings is 1. The quantitative estimate of drug-likeness (QED) is 0.826. The Morgan fingerprint density at radius 1 is 1.17 bits per heavy atom. The Bertz CT molecular complexity index is 668. The van der Waals surface area contributed by atoms with Crippen molar-refractivity contribution in [3.8, 4) is 0 Å². The van der Waals surface area contributed by atoms with Crippen LogP contribution >= 0.6 is 11.6 Å². The van der Waals surface area contributed by atoms with Crippen molar-refractivity contribution in [1.82, 2.24) is 5.43 Å². The second-order valence-electron chi connectivity index (χ2n) is 5.05. The molecule has 1 N–H and O–H groups in total. The van der Waals surface area contributed by atoms with E-state index in [9.17, 15) is 9.59 Å². The van der Waals surface area contributed by atoms with Gasteiger partial charge in [-0.3, -0.25) is 5.43 Å². The third kappa shape index (κ3) is 4.58. The van der Waals surface area contributed by atoms with Gasteiger partial charge in [0.2, 0.25) is 0 Å². The predicted octanol–water partition coefficient (Wildman–Crippen LogP) is 2.78. The number of allylic oxidation sites excluding steroid dienone is 1. The molecule has 0 bridgehead atoms. The van der Waals surface area contributed by atoms with Crippen molar-refractivity contribution < 1.29 is 19.1 Å². The second kappa shape index (κ2) is 8.49. The topological polar surface area (TPSA) is 77.0 Å². The van der Waals surface area contributed by atoms with Gasteiger partial charge < -0.3 is 9.47 Å². The Hall–Kier alpha value is -2.34. The van der Waals surface area contributed by atoms with Gasteiger partial charge in [-0.2, -0.15) is 5.10 Å². The van der Waals surface area contributed by atoms with Gasteiger partial charge in [-0.25, -0.2) is 9.59 Å². The number of esters is 2. The molecule has 0 amide bonds. The van der Waals surface area contributed by atoms with E-state index in [4.69, 9.17) is 21.1 Å². The van der Waals surface area contributed by atoms with Crippen LogP contribution in [0.3, 0.4) is 0 Å². The van der Waals surface area contributed by atoms with Crippen LogP contribution in [-0.2, 0) is 19.1 Å². The Labute approximate surface area is 145 Å². The van der Waals surface area contributed by atoms with Crippen molar-refractivity contribution in [2.75, 3.05) is 13.2 Å². The van der Waals surface area contributed by atoms with Crippen molar-refractivity contribution in [2.24, 2.45) is 5.10 Å². The van der Waals surface area contributed by atoms with Gasteiger partial charge in [0.25, 0.3) is 0 Å². The van der Waals surface area contributed by atoms with E-state index in [2.05, 4.69) is 10.5 Å². The fourth-order valence-corrected chi connectivity index (χ4v) is 2.39. The lowest BCUT2D eigenvalue weighted by atomic mass is 9.92. The SMILES string of the molecule is CCOC(=O)C1=CC(c2ccc(Cl)cc2)CC(C(=O)OCC)=NN1. The van der Waals surface area contributed by atoms with Gasteiger partial charge in [0.1, 0.15) is 11.4 Å². The summed E-state index contributed by atoms with van der Waals surface area (Å²) in [4.78, 5) is 24.1. The molecule has 0 aliphatic carbocycles. The average Bonchev–Trinajstić information content (AvgIpc) is 2.79. The van der Waals surface area contributed by atoms with Gasteiger partial charge in [0.15, 0.2) is 0 Å². The van der Waals surface area contributed by atoms with Crippen molar-refractivity contribution in [3.05, 3.63) is 46.6 Å². The maximum absolute atomic E-state index is 12.0. The van der Waals surface area contributed by atoms with Crippen LogP contribution in [0, 0.1) is 0 Å². The number of hydrazone groups is 1. The minimum atomic E-state index is -0.523. The van der Waals surface area contributed by atoms with Crippen LogP contribution in [0.2, 0.25) is 5.02 Å². The summed E-state index contributed by atoms with van der Waals surface area (Å²) in [5.41, 5.74) is 3.92. The monoisotopic (exact) mass is 350 g/mol. The number of rotatable bonds is 5. The van der Waals surface area contributed by atoms with E-state index >= 15 is 0 Å². The zero-order valence-corrected chi connectivity index (χ0v) is 14.3. The minimum Gasteiger partial charge on any atom is -0.461 e. The molecule has 7 heteroatoms. The van der Waals surface area contributed by atoms with Crippen LogP contribution in [0.5, 0.6) is 0 Å². The number of hydrogen-bond donors (Lipinski definition) is 1. The Morgan fingerprint density at radius 3 is 2.42 bits per heavy atom. The lowest BCUT2D eigenvalue weighted by Gasteiger charge is -2.13. The number of nitrogens with zero attached hydrogens (tertiary/aromatic N) is 1. The van der Waals surface area contributed by atoms with E-state index in [1.54, 1.807) is 32.1 Å². The number of ether oxygens (including phenoxy) is 2. The van der Waals surface area contributed by atoms with Crippen LogP contribution in [-0.4, -0.2) is 30.9 Å². The summed E-state index contributed by atoms with van der Waals surface area (Å²) in [6.07, 6.45) is 2.01. The molecule has 0 radical (unpaired) electrons. The van der Waals surface area contributed by atoms with E-state index in [1.165, 1.54) is 0 Å². The first kappa shape index (κ1) is 18.0. The molecule has 1 aliphatic heterocycles. The summed E-state index contributed by atoms with van der Waals surface area (Å²) in [5, 5.41) is 4.63. The third-order valence-electron chi connectivity index (χ3n) is 3.40. The van der Waals surface area contributed by atoms with Crippen LogP contribution in [0.25, 0.3) is 0 Å². The maximum atomic E-state index is 12.0. The van der Waals surface area contributed by atoms with Gasteiger partial charge in [-0.15, -0.1) is 0 Å². The van der Waals surface area contributed by atoms with Crippen molar-refractivity contribution in [3.63, 3.8) is 0 Å². The van der Waals surface area contributed by atoms with Crippen molar-refractivity contribution in [2.45, 2.75) is 26.2 Å². The number of hydrogen-bond acceptors (Lipinski definition) is 6. The summed E-state index contributed by atoms with van der Waals surface area (Å²) in [6.45, 7) is 3.94. The first-order valence-electron chi connectivity index (χ1n) is 7.69. The Kier molecular flexibility index (Phi) is 6.37. The molecule has 0 saturated heterocycles. The van der Waals surface area contributed by atoms with Gasteiger partial charge >= 0.3 is 11.9 Å². The first-order valence-corrected chi connectivity index (χ1v) is 8.07. The molecule has 1 aliphatic rings. The lowest BCUT2D eigenvalue weighted by molar-refractivity contribution is -0.139. The standard InChI is InChI=1S/C17H19ClN2O4/c1-3-23-16(21)14-9-12(11-5-7-13(18)8-6-11)10-15(20-19-14)17(22)24-4-2/h5-9,12,19H,3-4,10H2,1-2H3. The Balaban J connectivity index is 2.34. The molecule has 1 aromatic carbocycles. The summed E-state index contributed by atoms with van der Waals surface area (Å²) >= 11 is 5.92. The predicted molar refractivity (Wildman–Crippen MR) is 90.7 cm³/mol. The molecule has 2 rings (SSSR count). The van der Waals surface area contributed by atoms with Crippen LogP contribution in [0.4, 0.5) is 0 Å². The number of halogens is 1. The smallest absolute Gasteiger partial charge is 0.355 e. The van der Waals surface area contributed by atoms with E-state index < -0.39 is 11.9 Å². The largest absolute Gasteiger partial charge is 0.461 e. The summed E-state index contributed by atoms with van der Waals surface area (Å²) in [6, 6.07) is 7.21. The van der Waals surface area contributed by atoms with Gasteiger partial charge in [0, 0.05) is 17.4 Å². The van der Waals surface area contributed by atoms with E-state index in [-0.39, 0.29) is 30.5 Å². The van der Waals surface area contributed by atoms with Gasteiger partial charge in [-0.05, 0) is 37.6 Å². The molecular weight excluding hydrogens is 332 g/mol. The highest BCUT2D eigenvalue weighted by atomic mass is 35.5. The van der Waals surface area contributed by atoms with Crippen LogP contribution in [0.1, 0.15) is 31.7 Å². The van der Waals surface area contributed by atoms with E-state index in [0.717, 1.165) is 5.56 Å². The maximum Gasteiger partial charge on any atom is 0.355 e. The highest BCUT2D eigenvalue weighted by Crippen LogP contribution is 2.26. The number of carbonyl (C=O) groups is 2. The normalized spacial score (nSPS) is 17.0. The Morgan fingerprint density at radius 2 is 1.79 bits per heavy atom. The first-order chi connectivity index (χ1) is 11.5. The fourth-order valence-electron chi connectivity index (χ4n) is 2.27. The summed E-state index contributed by atoms with van der Waals surface area (Å²) in [7, 11) is 0. The van der Waals surface area contributed by atoms with Gasteiger partial charge in [-0.1, -0.05) is 23.7 Å². The highest BCUT2D eigenvalue weighted by molar-refractivity contribution is 6.36. The lowest BCUT2D eigenvalue weighted by Crippen LogP contribution is -2.22. The number of nitrogens with one attached hydrogen (secondary N) is 1. The number of carbonyl (C=O) groups excluding carboxylic acids is 2. The van der Waals surface area contributed by atoms with Crippen molar-refractivity contribution in [1.29, 1.82) is 0 Å². The van der Waals surface area contributed by atoms with Gasteiger partial charge in [0.05, 0.1) is 13.2 Å². The van der Waals surface area contributed by atoms with Crippen LogP contribution in [0.15, 0.2) is 41.1 Å². The highest BCUT2D eigenvalue weighted by Gasteiger charge is 2.25. The minimum absolute atomic E-state index is 0.191. The summed E-state index contributed by atoms with van der Waals surface area (Å²) in [5.74, 6) is -1.27. The molecule has 24 heavy (non-hydrogen) atoms. The van der Waals surface area contributed by atoms with Crippen molar-refractivity contribution >= 4 is 29.3 Å². The van der Waals surface area contributed by atoms with E-state index in [1.807, 2.05) is 12.1 Å². The average molecular weight is 351 g/mol.